The van der Waals surface area contributed by atoms with Gasteiger partial charge in [-0.25, -0.2) is 0 Å². The highest BCUT2D eigenvalue weighted by atomic mass is 19.4. The van der Waals surface area contributed by atoms with Gasteiger partial charge in [-0.15, -0.1) is 0 Å². The standard InChI is InChI=1S/C17H17F3N4O3/c1-23-11(3-2-4-12(23)25)14(26)24-8-7-16(9-24,17(18,19)20)15-21-13(22-27-15)10-5-6-10/h2-4,10H,5-9H2,1H3. The van der Waals surface area contributed by atoms with Crippen molar-refractivity contribution in [3.05, 3.63) is 46.0 Å². The van der Waals surface area contributed by atoms with E-state index in [0.717, 1.165) is 22.3 Å². The van der Waals surface area contributed by atoms with E-state index in [0.29, 0.717) is 5.82 Å². The molecule has 0 radical (unpaired) electrons. The average Bonchev–Trinajstić information content (AvgIpc) is 3.16. The Labute approximate surface area is 151 Å². The molecule has 0 bridgehead atoms. The molecule has 3 heterocycles. The van der Waals surface area contributed by atoms with Gasteiger partial charge in [0.2, 0.25) is 5.89 Å². The number of pyridine rings is 1. The van der Waals surface area contributed by atoms with Gasteiger partial charge in [0.1, 0.15) is 5.69 Å². The molecule has 2 fully saturated rings. The Hall–Kier alpha value is -2.65. The molecule has 1 aliphatic heterocycles. The first-order valence-corrected chi connectivity index (χ1v) is 8.59. The summed E-state index contributed by atoms with van der Waals surface area (Å²) in [5, 5.41) is 3.70. The van der Waals surface area contributed by atoms with Crippen LogP contribution in [0.25, 0.3) is 0 Å². The van der Waals surface area contributed by atoms with Gasteiger partial charge in [0, 0.05) is 32.1 Å². The monoisotopic (exact) mass is 382 g/mol. The first-order chi connectivity index (χ1) is 12.7. The minimum Gasteiger partial charge on any atom is -0.338 e. The molecule has 10 heteroatoms. The molecule has 0 aromatic carbocycles. The zero-order valence-corrected chi connectivity index (χ0v) is 14.5. The van der Waals surface area contributed by atoms with E-state index in [4.69, 9.17) is 4.52 Å². The summed E-state index contributed by atoms with van der Waals surface area (Å²) in [7, 11) is 1.41. The van der Waals surface area contributed by atoms with Gasteiger partial charge in [-0.1, -0.05) is 11.2 Å². The van der Waals surface area contributed by atoms with E-state index in [-0.39, 0.29) is 24.6 Å². The van der Waals surface area contributed by atoms with E-state index in [2.05, 4.69) is 10.1 Å². The van der Waals surface area contributed by atoms with Crippen LogP contribution >= 0.6 is 0 Å². The number of alkyl halides is 3. The lowest BCUT2D eigenvalue weighted by molar-refractivity contribution is -0.193. The summed E-state index contributed by atoms with van der Waals surface area (Å²) in [5.74, 6) is -0.771. The second-order valence-corrected chi connectivity index (χ2v) is 7.10. The second kappa shape index (κ2) is 5.93. The molecule has 2 aliphatic rings. The fourth-order valence-electron chi connectivity index (χ4n) is 3.39. The first kappa shape index (κ1) is 17.7. The normalized spacial score (nSPS) is 23.0. The Morgan fingerprint density at radius 1 is 1.33 bits per heavy atom. The van der Waals surface area contributed by atoms with Crippen LogP contribution in [0.2, 0.25) is 0 Å². The Bertz CT molecular complexity index is 947. The molecular weight excluding hydrogens is 365 g/mol. The summed E-state index contributed by atoms with van der Waals surface area (Å²) in [6.45, 7) is -0.743. The number of nitrogens with zero attached hydrogens (tertiary/aromatic N) is 4. The molecule has 0 spiro atoms. The van der Waals surface area contributed by atoms with Gasteiger partial charge in [0.05, 0.1) is 0 Å². The summed E-state index contributed by atoms with van der Waals surface area (Å²) in [6.07, 6.45) is -3.34. The quantitative estimate of drug-likeness (QED) is 0.811. The molecule has 2 aromatic rings. The maximum atomic E-state index is 14.0. The maximum absolute atomic E-state index is 14.0. The maximum Gasteiger partial charge on any atom is 0.405 e. The van der Waals surface area contributed by atoms with Crippen molar-refractivity contribution in [1.29, 1.82) is 0 Å². The molecule has 144 valence electrons. The number of hydrogen-bond donors (Lipinski definition) is 0. The van der Waals surface area contributed by atoms with Gasteiger partial charge in [-0.3, -0.25) is 9.59 Å². The van der Waals surface area contributed by atoms with E-state index in [1.54, 1.807) is 0 Å². The van der Waals surface area contributed by atoms with Crippen LogP contribution in [0.4, 0.5) is 13.2 Å². The Morgan fingerprint density at radius 2 is 2.07 bits per heavy atom. The van der Waals surface area contributed by atoms with Gasteiger partial charge in [-0.2, -0.15) is 18.2 Å². The molecule has 7 nitrogen and oxygen atoms in total. The average molecular weight is 382 g/mol. The van der Waals surface area contributed by atoms with Crippen molar-refractivity contribution in [2.24, 2.45) is 7.05 Å². The molecule has 1 saturated heterocycles. The highest BCUT2D eigenvalue weighted by molar-refractivity contribution is 5.92. The lowest BCUT2D eigenvalue weighted by Gasteiger charge is -2.28. The van der Waals surface area contributed by atoms with Crippen molar-refractivity contribution in [2.75, 3.05) is 13.1 Å². The summed E-state index contributed by atoms with van der Waals surface area (Å²) in [6, 6.07) is 4.09. The fourth-order valence-corrected chi connectivity index (χ4v) is 3.39. The molecule has 1 amide bonds. The second-order valence-electron chi connectivity index (χ2n) is 7.10. The summed E-state index contributed by atoms with van der Waals surface area (Å²) < 4.78 is 48.1. The van der Waals surface area contributed by atoms with E-state index in [1.165, 1.54) is 25.2 Å². The largest absolute Gasteiger partial charge is 0.405 e. The van der Waals surface area contributed by atoms with Gasteiger partial charge in [0.25, 0.3) is 11.5 Å². The van der Waals surface area contributed by atoms with Gasteiger partial charge < -0.3 is 14.0 Å². The van der Waals surface area contributed by atoms with E-state index in [9.17, 15) is 22.8 Å². The predicted octanol–water partition coefficient (Wildman–Crippen LogP) is 1.99. The first-order valence-electron chi connectivity index (χ1n) is 8.59. The van der Waals surface area contributed by atoms with Crippen LogP contribution in [0.5, 0.6) is 0 Å². The van der Waals surface area contributed by atoms with Gasteiger partial charge >= 0.3 is 6.18 Å². The van der Waals surface area contributed by atoms with Crippen LogP contribution in [0, 0.1) is 0 Å². The number of carbonyl (C=O) groups excluding carboxylic acids is 1. The van der Waals surface area contributed by atoms with Gasteiger partial charge in [0.15, 0.2) is 11.2 Å². The SMILES string of the molecule is Cn1c(C(=O)N2CCC(c3nc(C4CC4)no3)(C(F)(F)F)C2)cccc1=O. The van der Waals surface area contributed by atoms with Crippen LogP contribution in [-0.2, 0) is 12.5 Å². The number of hydrogen-bond acceptors (Lipinski definition) is 5. The van der Waals surface area contributed by atoms with Crippen molar-refractivity contribution in [1.82, 2.24) is 19.6 Å². The summed E-state index contributed by atoms with van der Waals surface area (Å²) in [4.78, 5) is 29.5. The minimum absolute atomic E-state index is 0.0321. The third kappa shape index (κ3) is 2.83. The van der Waals surface area contributed by atoms with E-state index >= 15 is 0 Å². The third-order valence-corrected chi connectivity index (χ3v) is 5.30. The molecular formula is C17H17F3N4O3. The highest BCUT2D eigenvalue weighted by Crippen LogP contribution is 2.48. The summed E-state index contributed by atoms with van der Waals surface area (Å²) >= 11 is 0. The molecule has 1 aliphatic carbocycles. The number of halogens is 3. The van der Waals surface area contributed by atoms with Crippen molar-refractivity contribution in [3.8, 4) is 0 Å². The number of amides is 1. The summed E-state index contributed by atoms with van der Waals surface area (Å²) in [5.41, 5.74) is -2.77. The zero-order valence-electron chi connectivity index (χ0n) is 14.5. The van der Waals surface area contributed by atoms with Crippen molar-refractivity contribution in [3.63, 3.8) is 0 Å². The van der Waals surface area contributed by atoms with Gasteiger partial charge in [-0.05, 0) is 25.3 Å². The number of aromatic nitrogens is 3. The lowest BCUT2D eigenvalue weighted by Crippen LogP contribution is -2.46. The molecule has 1 saturated carbocycles. The van der Waals surface area contributed by atoms with Crippen LogP contribution in [0.15, 0.2) is 27.5 Å². The molecule has 1 atom stereocenters. The van der Waals surface area contributed by atoms with Crippen LogP contribution in [0.1, 0.15) is 47.4 Å². The van der Waals surface area contributed by atoms with Crippen molar-refractivity contribution < 1.29 is 22.5 Å². The van der Waals surface area contributed by atoms with Crippen molar-refractivity contribution in [2.45, 2.75) is 36.8 Å². The smallest absolute Gasteiger partial charge is 0.338 e. The fraction of sp³-hybridized carbons (Fsp3) is 0.529. The lowest BCUT2D eigenvalue weighted by atomic mass is 9.86. The number of carbonyl (C=O) groups is 1. The predicted molar refractivity (Wildman–Crippen MR) is 86.2 cm³/mol. The van der Waals surface area contributed by atoms with Crippen LogP contribution in [0.3, 0.4) is 0 Å². The third-order valence-electron chi connectivity index (χ3n) is 5.30. The number of likely N-dealkylation sites (tertiary alicyclic amines) is 1. The van der Waals surface area contributed by atoms with Crippen LogP contribution in [-0.4, -0.2) is 44.8 Å². The molecule has 4 rings (SSSR count). The Morgan fingerprint density at radius 3 is 2.74 bits per heavy atom. The van der Waals surface area contributed by atoms with E-state index < -0.39 is 35.5 Å². The van der Waals surface area contributed by atoms with Crippen LogP contribution < -0.4 is 5.56 Å². The number of rotatable bonds is 3. The highest BCUT2D eigenvalue weighted by Gasteiger charge is 2.63. The molecule has 0 N–H and O–H groups in total. The Balaban J connectivity index is 1.66. The van der Waals surface area contributed by atoms with E-state index in [1.807, 2.05) is 0 Å². The molecule has 1 unspecified atom stereocenters. The Kier molecular flexibility index (Phi) is 3.90. The zero-order chi connectivity index (χ0) is 19.4. The topological polar surface area (TPSA) is 81.2 Å². The molecule has 2 aromatic heterocycles. The molecule has 27 heavy (non-hydrogen) atoms. The van der Waals surface area contributed by atoms with Crippen molar-refractivity contribution >= 4 is 5.91 Å². The minimum atomic E-state index is -4.65.